The fourth-order valence-electron chi connectivity index (χ4n) is 7.49. The number of allylic oxidation sites excluding steroid dienone is 2. The zero-order chi connectivity index (χ0) is 41.3. The number of aliphatic hydroxyl groups excluding tert-OH is 1. The number of fused-ring (bicyclic) bond motifs is 3. The second kappa shape index (κ2) is 18.1. The monoisotopic (exact) mass is 963 g/mol. The number of hydrogen-bond donors (Lipinski definition) is 1. The SMILES string of the molecule is CCC(C)(CC)C(=O)/C=C(\O)C(C)(CC)CC.Cc1oc2ccc(-c3cc(-c4[c-]c5ccccc5c(C(C)(C)C)c4)nc4sc(C)c(C)c34)cc2c1CC(C)C.[Ir]. The van der Waals surface area contributed by atoms with Crippen LogP contribution in [-0.4, -0.2) is 15.9 Å². The number of hydrogen-bond acceptors (Lipinski definition) is 5. The third kappa shape index (κ3) is 9.51. The van der Waals surface area contributed by atoms with Gasteiger partial charge in [0.05, 0.1) is 0 Å². The summed E-state index contributed by atoms with van der Waals surface area (Å²) in [6.45, 7) is 30.0. The topological polar surface area (TPSA) is 63.3 Å². The molecule has 307 valence electrons. The molecule has 0 aliphatic heterocycles. The average Bonchev–Trinajstić information content (AvgIpc) is 3.64. The molecule has 0 atom stereocenters. The maximum absolute atomic E-state index is 12.2. The van der Waals surface area contributed by atoms with E-state index >= 15 is 0 Å². The quantitative estimate of drug-likeness (QED) is 0.0798. The van der Waals surface area contributed by atoms with Gasteiger partial charge in [-0.05, 0) is 93.0 Å². The Labute approximate surface area is 359 Å². The van der Waals surface area contributed by atoms with E-state index in [1.807, 2.05) is 41.5 Å². The van der Waals surface area contributed by atoms with Gasteiger partial charge in [0.15, 0.2) is 5.78 Å². The summed E-state index contributed by atoms with van der Waals surface area (Å²) in [5, 5.41) is 15.0. The molecule has 1 radical (unpaired) electrons. The number of aromatic nitrogens is 1. The third-order valence-corrected chi connectivity index (χ3v) is 13.6. The molecule has 0 spiro atoms. The van der Waals surface area contributed by atoms with Gasteiger partial charge in [0.2, 0.25) is 0 Å². The molecular formula is C51H64IrNO3S-. The Balaban J connectivity index is 0.000000341. The van der Waals surface area contributed by atoms with E-state index in [1.165, 1.54) is 54.9 Å². The standard InChI is InChI=1S/C36H36NOS.C15H28O2.Ir/c1-20(2)15-28-22(4)38-33-14-13-25(17-30(28)33)29-19-32(37-35-34(29)21(3)23(5)39-35)26-16-24-11-9-10-12-27(24)31(18-26)36(6,7)8;1-7-14(5,8-2)12(16)11-13(17)15(6,9-3)10-4;/h9-14,17-20H,15H2,1-8H3;11,16H,7-10H2,1-6H3;/q-1;;/b;12-11-;. The van der Waals surface area contributed by atoms with Crippen LogP contribution in [0.3, 0.4) is 0 Å². The second-order valence-electron chi connectivity index (χ2n) is 17.8. The summed E-state index contributed by atoms with van der Waals surface area (Å²) in [6, 6.07) is 23.6. The molecule has 3 aromatic carbocycles. The van der Waals surface area contributed by atoms with Gasteiger partial charge in [-0.1, -0.05) is 117 Å². The molecule has 0 bridgehead atoms. The first-order chi connectivity index (χ1) is 26.3. The predicted octanol–water partition coefficient (Wildman–Crippen LogP) is 15.4. The molecule has 0 unspecified atom stereocenters. The third-order valence-electron chi connectivity index (χ3n) is 12.5. The Morgan fingerprint density at radius 1 is 0.877 bits per heavy atom. The van der Waals surface area contributed by atoms with Gasteiger partial charge >= 0.3 is 0 Å². The van der Waals surface area contributed by atoms with E-state index < -0.39 is 0 Å². The van der Waals surface area contributed by atoms with Crippen molar-refractivity contribution in [3.8, 4) is 22.4 Å². The summed E-state index contributed by atoms with van der Waals surface area (Å²) in [4.78, 5) is 19.8. The Morgan fingerprint density at radius 2 is 1.51 bits per heavy atom. The summed E-state index contributed by atoms with van der Waals surface area (Å²) >= 11 is 1.79. The number of furan rings is 1. The first-order valence-corrected chi connectivity index (χ1v) is 21.5. The molecule has 6 aromatic rings. The van der Waals surface area contributed by atoms with Gasteiger partial charge in [0.25, 0.3) is 0 Å². The van der Waals surface area contributed by atoms with E-state index in [1.54, 1.807) is 11.3 Å². The average molecular weight is 963 g/mol. The van der Waals surface area contributed by atoms with Gasteiger partial charge in [-0.2, -0.15) is 0 Å². The zero-order valence-corrected chi connectivity index (χ0v) is 40.1. The fraction of sp³-hybridized carbons (Fsp3) is 0.451. The van der Waals surface area contributed by atoms with Crippen molar-refractivity contribution in [1.29, 1.82) is 0 Å². The van der Waals surface area contributed by atoms with Crippen molar-refractivity contribution in [3.63, 3.8) is 0 Å². The Morgan fingerprint density at radius 3 is 2.11 bits per heavy atom. The molecule has 3 heterocycles. The van der Waals surface area contributed by atoms with Crippen LogP contribution >= 0.6 is 11.3 Å². The van der Waals surface area contributed by atoms with Crippen LogP contribution in [0.15, 0.2) is 70.8 Å². The summed E-state index contributed by atoms with van der Waals surface area (Å²) in [6.07, 6.45) is 5.77. The number of aliphatic hydroxyl groups is 1. The predicted molar refractivity (Wildman–Crippen MR) is 241 cm³/mol. The smallest absolute Gasteiger partial charge is 0.164 e. The number of benzene rings is 3. The number of carbonyl (C=O) groups excluding carboxylic acids is 1. The summed E-state index contributed by atoms with van der Waals surface area (Å²) in [5.41, 5.74) is 8.78. The molecule has 3 aromatic heterocycles. The largest absolute Gasteiger partial charge is 0.512 e. The number of aryl methyl sites for hydroxylation is 3. The van der Waals surface area contributed by atoms with E-state index in [2.05, 4.69) is 116 Å². The number of carbonyl (C=O) groups is 1. The molecule has 4 nitrogen and oxygen atoms in total. The zero-order valence-electron chi connectivity index (χ0n) is 36.8. The number of thiophene rings is 1. The van der Waals surface area contributed by atoms with Gasteiger partial charge in [0, 0.05) is 63.9 Å². The molecule has 57 heavy (non-hydrogen) atoms. The molecule has 0 saturated heterocycles. The van der Waals surface area contributed by atoms with Crippen LogP contribution in [0.25, 0.3) is 54.3 Å². The van der Waals surface area contributed by atoms with Crippen molar-refractivity contribution in [2.45, 2.75) is 134 Å². The van der Waals surface area contributed by atoms with E-state index in [0.29, 0.717) is 5.92 Å². The minimum absolute atomic E-state index is 0. The van der Waals surface area contributed by atoms with E-state index in [4.69, 9.17) is 9.40 Å². The molecule has 1 N–H and O–H groups in total. The van der Waals surface area contributed by atoms with Gasteiger partial charge in [-0.3, -0.25) is 9.78 Å². The van der Waals surface area contributed by atoms with Crippen molar-refractivity contribution in [2.24, 2.45) is 16.7 Å². The minimum atomic E-state index is -0.337. The van der Waals surface area contributed by atoms with Crippen LogP contribution in [-0.2, 0) is 36.7 Å². The first kappa shape index (κ1) is 46.1. The van der Waals surface area contributed by atoms with Crippen LogP contribution in [0.2, 0.25) is 0 Å². The number of ketones is 1. The van der Waals surface area contributed by atoms with Gasteiger partial charge in [0.1, 0.15) is 21.9 Å². The van der Waals surface area contributed by atoms with Crippen LogP contribution in [0.5, 0.6) is 0 Å². The fourth-order valence-corrected chi connectivity index (χ4v) is 8.55. The van der Waals surface area contributed by atoms with Gasteiger partial charge in [-0.15, -0.1) is 40.5 Å². The second-order valence-corrected chi connectivity index (χ2v) is 19.0. The van der Waals surface area contributed by atoms with Crippen molar-refractivity contribution in [1.82, 2.24) is 4.98 Å². The normalized spacial score (nSPS) is 12.6. The minimum Gasteiger partial charge on any atom is -0.512 e. The van der Waals surface area contributed by atoms with E-state index in [-0.39, 0.29) is 47.9 Å². The Hall–Kier alpha value is -3.57. The van der Waals surface area contributed by atoms with Gasteiger partial charge in [-0.25, -0.2) is 0 Å². The molecular weight excluding hydrogens is 899 g/mol. The number of pyridine rings is 1. The molecule has 6 heteroatoms. The molecule has 0 saturated carbocycles. The van der Waals surface area contributed by atoms with Crippen molar-refractivity contribution < 1.29 is 34.4 Å². The van der Waals surface area contributed by atoms with Crippen molar-refractivity contribution in [2.75, 3.05) is 0 Å². The molecule has 0 aliphatic carbocycles. The van der Waals surface area contributed by atoms with Crippen LogP contribution < -0.4 is 0 Å². The molecule has 0 amide bonds. The van der Waals surface area contributed by atoms with Crippen LogP contribution in [0.4, 0.5) is 0 Å². The first-order valence-electron chi connectivity index (χ1n) is 20.6. The molecule has 6 rings (SSSR count). The van der Waals surface area contributed by atoms with Crippen LogP contribution in [0.1, 0.15) is 129 Å². The molecule has 0 aliphatic rings. The Bertz CT molecular complexity index is 2400. The van der Waals surface area contributed by atoms with Crippen molar-refractivity contribution >= 4 is 49.1 Å². The maximum Gasteiger partial charge on any atom is 0.164 e. The number of rotatable bonds is 11. The van der Waals surface area contributed by atoms with Crippen molar-refractivity contribution in [3.05, 3.63) is 99.8 Å². The van der Waals surface area contributed by atoms with E-state index in [9.17, 15) is 9.90 Å². The van der Waals surface area contributed by atoms with Gasteiger partial charge < -0.3 is 9.52 Å². The molecule has 0 fully saturated rings. The summed E-state index contributed by atoms with van der Waals surface area (Å²) in [7, 11) is 0. The summed E-state index contributed by atoms with van der Waals surface area (Å²) < 4.78 is 6.17. The van der Waals surface area contributed by atoms with Crippen LogP contribution in [0, 0.1) is 43.6 Å². The number of nitrogens with zero attached hydrogens (tertiary/aromatic N) is 1. The van der Waals surface area contributed by atoms with E-state index in [0.717, 1.165) is 64.9 Å². The maximum atomic E-state index is 12.2. The Kier molecular flexibility index (Phi) is 14.7. The summed E-state index contributed by atoms with van der Waals surface area (Å²) in [5.74, 6) is 1.88.